The molecule has 0 saturated heterocycles. The fourth-order valence-corrected chi connectivity index (χ4v) is 3.92. The highest BCUT2D eigenvalue weighted by Crippen LogP contribution is 2.38. The highest BCUT2D eigenvalue weighted by molar-refractivity contribution is 6.29. The number of fused-ring (bicyclic) bond motifs is 1. The Morgan fingerprint density at radius 3 is 2.39 bits per heavy atom. The Balaban J connectivity index is 1.81. The average Bonchev–Trinajstić information content (AvgIpc) is 3.07. The number of aliphatic hydroxyl groups is 1. The zero-order valence-corrected chi connectivity index (χ0v) is 20.3. The molecule has 0 spiro atoms. The van der Waals surface area contributed by atoms with Crippen molar-refractivity contribution >= 4 is 22.6 Å². The molecule has 1 heterocycles. The fraction of sp³-hybridized carbons (Fsp3) is 0.500. The lowest BCUT2D eigenvalue weighted by Crippen LogP contribution is -2.26. The standard InChI is InChI=1S/C26H35ClN2O2/c1-7-25(3,4)18-13-14-23(20(15-18)26(5,6)8-2)31-17-19(30)16-29-22-12-10-9-11-21(22)28-24(29)27/h9-15,19,30H,7-8,16-17H2,1-6H3. The number of imidazole rings is 1. The van der Waals surface area contributed by atoms with Crippen molar-refractivity contribution in [3.63, 3.8) is 0 Å². The van der Waals surface area contributed by atoms with Crippen molar-refractivity contribution in [1.29, 1.82) is 0 Å². The molecule has 0 bridgehead atoms. The van der Waals surface area contributed by atoms with E-state index in [1.807, 2.05) is 28.8 Å². The van der Waals surface area contributed by atoms with E-state index in [0.29, 0.717) is 11.8 Å². The number of aromatic nitrogens is 2. The van der Waals surface area contributed by atoms with Gasteiger partial charge in [0.2, 0.25) is 5.28 Å². The number of ether oxygens (including phenoxy) is 1. The molecule has 1 unspecified atom stereocenters. The van der Waals surface area contributed by atoms with Crippen molar-refractivity contribution in [2.24, 2.45) is 0 Å². The second-order valence-corrected chi connectivity index (χ2v) is 9.97. The van der Waals surface area contributed by atoms with Crippen molar-refractivity contribution in [3.8, 4) is 5.75 Å². The van der Waals surface area contributed by atoms with Crippen LogP contribution < -0.4 is 4.74 Å². The smallest absolute Gasteiger partial charge is 0.203 e. The quantitative estimate of drug-likeness (QED) is 0.411. The Bertz CT molecular complexity index is 1040. The van der Waals surface area contributed by atoms with Crippen LogP contribution in [0, 0.1) is 0 Å². The molecule has 0 fully saturated rings. The number of aliphatic hydroxyl groups excluding tert-OH is 1. The van der Waals surface area contributed by atoms with E-state index >= 15 is 0 Å². The zero-order chi connectivity index (χ0) is 22.8. The van der Waals surface area contributed by atoms with Crippen molar-refractivity contribution in [3.05, 3.63) is 58.9 Å². The summed E-state index contributed by atoms with van der Waals surface area (Å²) in [6.45, 7) is 14.0. The summed E-state index contributed by atoms with van der Waals surface area (Å²) in [6, 6.07) is 14.2. The van der Waals surface area contributed by atoms with Gasteiger partial charge in [0.1, 0.15) is 18.5 Å². The van der Waals surface area contributed by atoms with E-state index in [2.05, 4.69) is 64.7 Å². The monoisotopic (exact) mass is 442 g/mol. The molecule has 168 valence electrons. The van der Waals surface area contributed by atoms with E-state index in [1.165, 1.54) is 11.1 Å². The van der Waals surface area contributed by atoms with Crippen LogP contribution in [-0.4, -0.2) is 27.4 Å². The van der Waals surface area contributed by atoms with E-state index in [1.54, 1.807) is 0 Å². The minimum atomic E-state index is -0.709. The Kier molecular flexibility index (Phi) is 7.02. The first-order valence-corrected chi connectivity index (χ1v) is 11.5. The molecule has 0 radical (unpaired) electrons. The third kappa shape index (κ3) is 5.07. The van der Waals surface area contributed by atoms with Crippen LogP contribution in [-0.2, 0) is 17.4 Å². The maximum Gasteiger partial charge on any atom is 0.203 e. The summed E-state index contributed by atoms with van der Waals surface area (Å²) < 4.78 is 7.99. The van der Waals surface area contributed by atoms with Crippen LogP contribution in [0.1, 0.15) is 65.5 Å². The van der Waals surface area contributed by atoms with Crippen LogP contribution in [0.4, 0.5) is 0 Å². The number of hydrogen-bond acceptors (Lipinski definition) is 3. The van der Waals surface area contributed by atoms with Gasteiger partial charge in [-0.15, -0.1) is 0 Å². The van der Waals surface area contributed by atoms with Crippen molar-refractivity contribution < 1.29 is 9.84 Å². The van der Waals surface area contributed by atoms with Gasteiger partial charge in [0.05, 0.1) is 17.6 Å². The van der Waals surface area contributed by atoms with Gasteiger partial charge in [-0.3, -0.25) is 0 Å². The second kappa shape index (κ2) is 9.22. The lowest BCUT2D eigenvalue weighted by Gasteiger charge is -2.30. The molecule has 0 saturated carbocycles. The lowest BCUT2D eigenvalue weighted by molar-refractivity contribution is 0.0923. The summed E-state index contributed by atoms with van der Waals surface area (Å²) in [4.78, 5) is 4.36. The van der Waals surface area contributed by atoms with E-state index < -0.39 is 6.10 Å². The minimum absolute atomic E-state index is 0.0238. The first-order valence-electron chi connectivity index (χ1n) is 11.2. The first-order chi connectivity index (χ1) is 14.6. The van der Waals surface area contributed by atoms with Gasteiger partial charge >= 0.3 is 0 Å². The van der Waals surface area contributed by atoms with E-state index in [0.717, 1.165) is 29.6 Å². The SMILES string of the molecule is CCC(C)(C)c1ccc(OCC(O)Cn2c(Cl)nc3ccccc32)c(C(C)(C)CC)c1. The largest absolute Gasteiger partial charge is 0.491 e. The number of para-hydroxylation sites is 2. The summed E-state index contributed by atoms with van der Waals surface area (Å²) in [6.07, 6.45) is 1.36. The van der Waals surface area contributed by atoms with Crippen LogP contribution in [0.5, 0.6) is 5.75 Å². The zero-order valence-electron chi connectivity index (χ0n) is 19.6. The van der Waals surface area contributed by atoms with Gasteiger partial charge in [-0.05, 0) is 59.0 Å². The molecule has 1 aromatic heterocycles. The lowest BCUT2D eigenvalue weighted by atomic mass is 9.76. The molecule has 2 aromatic carbocycles. The molecular weight excluding hydrogens is 408 g/mol. The van der Waals surface area contributed by atoms with Gasteiger partial charge in [0.25, 0.3) is 0 Å². The predicted molar refractivity (Wildman–Crippen MR) is 129 cm³/mol. The van der Waals surface area contributed by atoms with Gasteiger partial charge < -0.3 is 14.4 Å². The number of rotatable bonds is 9. The molecule has 31 heavy (non-hydrogen) atoms. The molecule has 0 aliphatic heterocycles. The van der Waals surface area contributed by atoms with E-state index in [-0.39, 0.29) is 17.4 Å². The summed E-state index contributed by atoms with van der Waals surface area (Å²) >= 11 is 6.31. The number of hydrogen-bond donors (Lipinski definition) is 1. The molecule has 5 heteroatoms. The number of halogens is 1. The Labute approximate surface area is 191 Å². The average molecular weight is 443 g/mol. The number of nitrogens with zero attached hydrogens (tertiary/aromatic N) is 2. The van der Waals surface area contributed by atoms with Gasteiger partial charge in [-0.1, -0.05) is 65.8 Å². The van der Waals surface area contributed by atoms with Crippen LogP contribution in [0.25, 0.3) is 11.0 Å². The maximum absolute atomic E-state index is 10.7. The minimum Gasteiger partial charge on any atom is -0.491 e. The molecule has 0 aliphatic rings. The molecule has 3 aromatic rings. The number of benzene rings is 2. The molecule has 1 atom stereocenters. The summed E-state index contributed by atoms with van der Waals surface area (Å²) in [7, 11) is 0. The molecule has 4 nitrogen and oxygen atoms in total. The Morgan fingerprint density at radius 2 is 1.71 bits per heavy atom. The predicted octanol–water partition coefficient (Wildman–Crippen LogP) is 6.50. The molecule has 0 amide bonds. The van der Waals surface area contributed by atoms with Crippen molar-refractivity contribution in [1.82, 2.24) is 9.55 Å². The Morgan fingerprint density at radius 1 is 1.03 bits per heavy atom. The highest BCUT2D eigenvalue weighted by Gasteiger charge is 2.27. The van der Waals surface area contributed by atoms with Gasteiger partial charge in [0, 0.05) is 5.56 Å². The summed E-state index contributed by atoms with van der Waals surface area (Å²) in [5.41, 5.74) is 4.32. The van der Waals surface area contributed by atoms with Crippen LogP contribution in [0.3, 0.4) is 0 Å². The molecule has 1 N–H and O–H groups in total. The van der Waals surface area contributed by atoms with Gasteiger partial charge in [0.15, 0.2) is 0 Å². The summed E-state index contributed by atoms with van der Waals surface area (Å²) in [5, 5.41) is 11.1. The molecule has 3 rings (SSSR count). The topological polar surface area (TPSA) is 47.3 Å². The highest BCUT2D eigenvalue weighted by atomic mass is 35.5. The first kappa shape index (κ1) is 23.6. The van der Waals surface area contributed by atoms with Crippen molar-refractivity contribution in [2.75, 3.05) is 6.61 Å². The van der Waals surface area contributed by atoms with Crippen LogP contribution in [0.2, 0.25) is 5.28 Å². The second-order valence-electron chi connectivity index (χ2n) is 9.63. The normalized spacial score (nSPS) is 13.5. The molecule has 0 aliphatic carbocycles. The summed E-state index contributed by atoms with van der Waals surface area (Å²) in [5.74, 6) is 0.836. The third-order valence-electron chi connectivity index (χ3n) is 6.69. The van der Waals surface area contributed by atoms with E-state index in [4.69, 9.17) is 16.3 Å². The van der Waals surface area contributed by atoms with Gasteiger partial charge in [-0.2, -0.15) is 0 Å². The van der Waals surface area contributed by atoms with Crippen LogP contribution >= 0.6 is 11.6 Å². The van der Waals surface area contributed by atoms with Crippen molar-refractivity contribution in [2.45, 2.75) is 77.9 Å². The maximum atomic E-state index is 10.7. The third-order valence-corrected chi connectivity index (χ3v) is 6.98. The van der Waals surface area contributed by atoms with E-state index in [9.17, 15) is 5.11 Å². The fourth-order valence-electron chi connectivity index (χ4n) is 3.67. The van der Waals surface area contributed by atoms with Crippen LogP contribution in [0.15, 0.2) is 42.5 Å². The molecular formula is C26H35ClN2O2. The van der Waals surface area contributed by atoms with Gasteiger partial charge in [-0.25, -0.2) is 4.98 Å². The Hall–Kier alpha value is -2.04.